The van der Waals surface area contributed by atoms with Crippen molar-refractivity contribution in [3.63, 3.8) is 0 Å². The van der Waals surface area contributed by atoms with Crippen LogP contribution in [0.4, 0.5) is 0 Å². The summed E-state index contributed by atoms with van der Waals surface area (Å²) in [6.45, 7) is 3.68. The van der Waals surface area contributed by atoms with Crippen LogP contribution >= 0.6 is 0 Å². The van der Waals surface area contributed by atoms with Gasteiger partial charge >= 0.3 is 0 Å². The lowest BCUT2D eigenvalue weighted by molar-refractivity contribution is 0.101. The summed E-state index contributed by atoms with van der Waals surface area (Å²) in [7, 11) is -2.96. The van der Waals surface area contributed by atoms with Gasteiger partial charge in [-0.15, -0.1) is 0 Å². The zero-order valence-electron chi connectivity index (χ0n) is 10.9. The molecule has 0 N–H and O–H groups in total. The van der Waals surface area contributed by atoms with Crippen molar-refractivity contribution in [1.29, 1.82) is 0 Å². The van der Waals surface area contributed by atoms with Gasteiger partial charge in [0.25, 0.3) is 0 Å². The first-order chi connectivity index (χ1) is 8.29. The van der Waals surface area contributed by atoms with E-state index in [1.54, 1.807) is 12.1 Å². The molecule has 0 unspecified atom stereocenters. The molecule has 1 aromatic rings. The molecule has 0 aliphatic heterocycles. The molecule has 0 spiro atoms. The monoisotopic (exact) mass is 270 g/mol. The fourth-order valence-electron chi connectivity index (χ4n) is 1.54. The maximum atomic E-state index is 11.4. The second kappa shape index (κ2) is 6.00. The molecule has 0 heterocycles. The lowest BCUT2D eigenvalue weighted by Gasteiger charge is -2.10. The topological polar surface area (TPSA) is 60.4 Å². The molecule has 0 aromatic heterocycles. The molecule has 4 nitrogen and oxygen atoms in total. The second-order valence-electron chi connectivity index (χ2n) is 4.39. The Morgan fingerprint density at radius 3 is 2.56 bits per heavy atom. The molecular formula is C13H18O4S. The highest BCUT2D eigenvalue weighted by Crippen LogP contribution is 2.21. The molecule has 0 bridgehead atoms. The number of rotatable bonds is 6. The average Bonchev–Trinajstić information content (AvgIpc) is 2.22. The maximum Gasteiger partial charge on any atom is 0.163 e. The van der Waals surface area contributed by atoms with Gasteiger partial charge in [0.2, 0.25) is 0 Å². The van der Waals surface area contributed by atoms with Crippen molar-refractivity contribution in [3.05, 3.63) is 29.3 Å². The fourth-order valence-corrected chi connectivity index (χ4v) is 2.19. The van der Waals surface area contributed by atoms with Crippen LogP contribution in [0.1, 0.15) is 29.3 Å². The molecule has 0 aliphatic carbocycles. The zero-order chi connectivity index (χ0) is 13.8. The smallest absolute Gasteiger partial charge is 0.163 e. The van der Waals surface area contributed by atoms with Crippen LogP contribution in [0.5, 0.6) is 5.75 Å². The van der Waals surface area contributed by atoms with Crippen molar-refractivity contribution in [2.45, 2.75) is 20.3 Å². The van der Waals surface area contributed by atoms with Gasteiger partial charge in [0.1, 0.15) is 15.6 Å². The van der Waals surface area contributed by atoms with Gasteiger partial charge in [-0.25, -0.2) is 8.42 Å². The van der Waals surface area contributed by atoms with E-state index in [0.717, 1.165) is 5.56 Å². The molecule has 0 aliphatic rings. The van der Waals surface area contributed by atoms with Crippen LogP contribution in [0.3, 0.4) is 0 Å². The van der Waals surface area contributed by atoms with Gasteiger partial charge < -0.3 is 4.74 Å². The molecule has 1 aromatic carbocycles. The lowest BCUT2D eigenvalue weighted by atomic mass is 10.1. The minimum absolute atomic E-state index is 0.0619. The molecule has 0 fully saturated rings. The van der Waals surface area contributed by atoms with Crippen molar-refractivity contribution in [2.75, 3.05) is 18.6 Å². The number of ketones is 1. The van der Waals surface area contributed by atoms with E-state index in [1.165, 1.54) is 13.2 Å². The highest BCUT2D eigenvalue weighted by Gasteiger charge is 2.09. The number of benzene rings is 1. The third-order valence-electron chi connectivity index (χ3n) is 2.43. The Morgan fingerprint density at radius 2 is 2.00 bits per heavy atom. The molecule has 0 saturated heterocycles. The number of sulfone groups is 1. The number of carbonyl (C=O) groups is 1. The van der Waals surface area contributed by atoms with E-state index in [4.69, 9.17) is 4.74 Å². The number of carbonyl (C=O) groups excluding carboxylic acids is 1. The Balaban J connectivity index is 2.66. The third kappa shape index (κ3) is 4.87. The predicted molar refractivity (Wildman–Crippen MR) is 71.0 cm³/mol. The summed E-state index contributed by atoms with van der Waals surface area (Å²) in [5.41, 5.74) is 1.53. The first-order valence-corrected chi connectivity index (χ1v) is 7.78. The molecule has 1 rings (SSSR count). The summed E-state index contributed by atoms with van der Waals surface area (Å²) in [5.74, 6) is 0.554. The van der Waals surface area contributed by atoms with E-state index in [2.05, 4.69) is 0 Å². The Labute approximate surface area is 108 Å². The summed E-state index contributed by atoms with van der Waals surface area (Å²) in [5, 5.41) is 0. The molecule has 0 atom stereocenters. The second-order valence-corrected chi connectivity index (χ2v) is 6.65. The van der Waals surface area contributed by atoms with Gasteiger partial charge in [-0.2, -0.15) is 0 Å². The first kappa shape index (κ1) is 14.7. The number of Topliss-reactive ketones (excluding diaryl/α,β-unsaturated/α-hetero) is 1. The fraction of sp³-hybridized carbons (Fsp3) is 0.462. The van der Waals surface area contributed by atoms with Crippen molar-refractivity contribution >= 4 is 15.6 Å². The van der Waals surface area contributed by atoms with Crippen molar-refractivity contribution in [1.82, 2.24) is 0 Å². The molecule has 100 valence electrons. The number of ether oxygens (including phenoxy) is 1. The van der Waals surface area contributed by atoms with Gasteiger partial charge in [-0.1, -0.05) is 6.07 Å². The Bertz CT molecular complexity index is 532. The van der Waals surface area contributed by atoms with Crippen LogP contribution in [0.15, 0.2) is 18.2 Å². The van der Waals surface area contributed by atoms with E-state index < -0.39 is 9.84 Å². The molecular weight excluding hydrogens is 252 g/mol. The summed E-state index contributed by atoms with van der Waals surface area (Å²) >= 11 is 0. The minimum atomic E-state index is -2.96. The quantitative estimate of drug-likeness (QED) is 0.586. The molecule has 5 heteroatoms. The minimum Gasteiger partial charge on any atom is -0.493 e. The number of hydrogen-bond acceptors (Lipinski definition) is 4. The van der Waals surface area contributed by atoms with Crippen molar-refractivity contribution < 1.29 is 17.9 Å². The highest BCUT2D eigenvalue weighted by molar-refractivity contribution is 7.90. The van der Waals surface area contributed by atoms with E-state index in [0.29, 0.717) is 17.7 Å². The van der Waals surface area contributed by atoms with Crippen LogP contribution in [0.2, 0.25) is 0 Å². The highest BCUT2D eigenvalue weighted by atomic mass is 32.2. The molecule has 0 radical (unpaired) electrons. The van der Waals surface area contributed by atoms with Gasteiger partial charge in [0.15, 0.2) is 5.78 Å². The van der Waals surface area contributed by atoms with Gasteiger partial charge in [-0.3, -0.25) is 4.79 Å². The largest absolute Gasteiger partial charge is 0.493 e. The standard InChI is InChI=1S/C13H18O4S/c1-10-5-6-12(11(2)14)13(9-10)17-7-4-8-18(3,15)16/h5-6,9H,4,7-8H2,1-3H3. The van der Waals surface area contributed by atoms with Crippen molar-refractivity contribution in [2.24, 2.45) is 0 Å². The van der Waals surface area contributed by atoms with E-state index in [-0.39, 0.29) is 18.1 Å². The SMILES string of the molecule is CC(=O)c1ccc(C)cc1OCCCS(C)(=O)=O. The van der Waals surface area contributed by atoms with Crippen LogP contribution in [0.25, 0.3) is 0 Å². The van der Waals surface area contributed by atoms with E-state index >= 15 is 0 Å². The van der Waals surface area contributed by atoms with Crippen LogP contribution in [-0.2, 0) is 9.84 Å². The maximum absolute atomic E-state index is 11.4. The lowest BCUT2D eigenvalue weighted by Crippen LogP contribution is -2.09. The van der Waals surface area contributed by atoms with Gasteiger partial charge in [0, 0.05) is 6.26 Å². The zero-order valence-corrected chi connectivity index (χ0v) is 11.7. The number of hydrogen-bond donors (Lipinski definition) is 0. The summed E-state index contributed by atoms with van der Waals surface area (Å²) in [4.78, 5) is 11.4. The van der Waals surface area contributed by atoms with E-state index in [9.17, 15) is 13.2 Å². The Kier molecular flexibility index (Phi) is 4.90. The first-order valence-electron chi connectivity index (χ1n) is 5.72. The molecule has 18 heavy (non-hydrogen) atoms. The van der Waals surface area contributed by atoms with Crippen molar-refractivity contribution in [3.8, 4) is 5.75 Å². The Morgan fingerprint density at radius 1 is 1.33 bits per heavy atom. The van der Waals surface area contributed by atoms with Crippen LogP contribution < -0.4 is 4.74 Å². The van der Waals surface area contributed by atoms with E-state index in [1.807, 2.05) is 13.0 Å². The van der Waals surface area contributed by atoms with Gasteiger partial charge in [0.05, 0.1) is 17.9 Å². The Hall–Kier alpha value is -1.36. The molecule has 0 amide bonds. The van der Waals surface area contributed by atoms with Crippen LogP contribution in [-0.4, -0.2) is 32.8 Å². The third-order valence-corrected chi connectivity index (χ3v) is 3.46. The predicted octanol–water partition coefficient (Wildman–Crippen LogP) is 2.01. The average molecular weight is 270 g/mol. The molecule has 0 saturated carbocycles. The van der Waals surface area contributed by atoms with Gasteiger partial charge in [-0.05, 0) is 38.0 Å². The summed E-state index contributed by atoms with van der Waals surface area (Å²) < 4.78 is 27.4. The summed E-state index contributed by atoms with van der Waals surface area (Å²) in [6, 6.07) is 5.36. The number of aryl methyl sites for hydroxylation is 1. The summed E-state index contributed by atoms with van der Waals surface area (Å²) in [6.07, 6.45) is 1.62. The van der Waals surface area contributed by atoms with Crippen LogP contribution in [0, 0.1) is 6.92 Å². The normalized spacial score (nSPS) is 11.3.